The van der Waals surface area contributed by atoms with Crippen molar-refractivity contribution in [2.75, 3.05) is 33.7 Å². The van der Waals surface area contributed by atoms with E-state index in [0.29, 0.717) is 64.4 Å². The summed E-state index contributed by atoms with van der Waals surface area (Å²) in [7, 11) is 4.06. The molecule has 298 valence electrons. The molecule has 3 aromatic carbocycles. The lowest BCUT2D eigenvalue weighted by Gasteiger charge is -2.32. The molecule has 13 heteroatoms. The van der Waals surface area contributed by atoms with Crippen LogP contribution in [0.3, 0.4) is 0 Å². The second-order valence-electron chi connectivity index (χ2n) is 17.2. The number of likely N-dealkylation sites (tertiary alicyclic amines) is 1. The molecule has 3 N–H and O–H groups in total. The fourth-order valence-corrected chi connectivity index (χ4v) is 9.09. The summed E-state index contributed by atoms with van der Waals surface area (Å²) in [5.41, 5.74) is 2.44. The van der Waals surface area contributed by atoms with Gasteiger partial charge in [0.05, 0.1) is 40.1 Å². The second kappa shape index (κ2) is 14.1. The molecular weight excluding hydrogens is 721 g/mol. The van der Waals surface area contributed by atoms with Gasteiger partial charge in [0.1, 0.15) is 28.3 Å². The van der Waals surface area contributed by atoms with Gasteiger partial charge in [-0.15, -0.1) is 0 Å². The van der Waals surface area contributed by atoms with E-state index in [9.17, 15) is 19.2 Å². The first-order valence-electron chi connectivity index (χ1n) is 20.0. The number of hydrogen-bond donors (Lipinski definition) is 3. The summed E-state index contributed by atoms with van der Waals surface area (Å²) in [6.07, 6.45) is 2.76. The van der Waals surface area contributed by atoms with Gasteiger partial charge >= 0.3 is 6.09 Å². The number of Topliss-reactive ketones (excluding diaryl/α,β-unsaturated/α-hetero) is 1. The van der Waals surface area contributed by atoms with E-state index in [-0.39, 0.29) is 36.2 Å². The van der Waals surface area contributed by atoms with Crippen molar-refractivity contribution in [3.05, 3.63) is 95.1 Å². The molecule has 3 aliphatic rings. The molecule has 4 unspecified atom stereocenters. The van der Waals surface area contributed by atoms with Crippen molar-refractivity contribution in [1.29, 1.82) is 0 Å². The largest absolute Gasteiger partial charge is 0.444 e. The van der Waals surface area contributed by atoms with Crippen LogP contribution in [0.4, 0.5) is 4.79 Å². The molecule has 5 aromatic rings. The average Bonchev–Trinajstić information content (AvgIpc) is 3.78. The van der Waals surface area contributed by atoms with Crippen molar-refractivity contribution >= 4 is 45.8 Å². The molecule has 0 spiro atoms. The number of carbonyl (C=O) groups excluding carboxylic acids is 4. The Labute approximate surface area is 332 Å². The van der Waals surface area contributed by atoms with Crippen LogP contribution in [0.5, 0.6) is 0 Å². The fraction of sp³-hybridized carbons (Fsp3) is 0.455. The topological polar surface area (TPSA) is 157 Å². The van der Waals surface area contributed by atoms with Crippen LogP contribution in [0.1, 0.15) is 104 Å². The van der Waals surface area contributed by atoms with Crippen molar-refractivity contribution in [2.45, 2.75) is 88.9 Å². The summed E-state index contributed by atoms with van der Waals surface area (Å²) < 4.78 is 5.74. The van der Waals surface area contributed by atoms with Gasteiger partial charge in [-0.1, -0.05) is 43.3 Å². The van der Waals surface area contributed by atoms with Crippen molar-refractivity contribution in [2.24, 2.45) is 5.92 Å². The maximum atomic E-state index is 14.4. The van der Waals surface area contributed by atoms with E-state index < -0.39 is 28.6 Å². The Morgan fingerprint density at radius 2 is 1.72 bits per heavy atom. The smallest absolute Gasteiger partial charge is 0.411 e. The number of benzene rings is 3. The Morgan fingerprint density at radius 3 is 2.39 bits per heavy atom. The Balaban J connectivity index is 0.968. The summed E-state index contributed by atoms with van der Waals surface area (Å²) in [5.74, 6) is 0.890. The number of hydrogen-bond acceptors (Lipinski definition) is 8. The van der Waals surface area contributed by atoms with Crippen LogP contribution >= 0.6 is 0 Å². The lowest BCUT2D eigenvalue weighted by atomic mass is 9.92. The molecular formula is C44H52N8O5. The molecule has 1 aliphatic heterocycles. The molecule has 0 bridgehead atoms. The molecule has 2 aliphatic carbocycles. The van der Waals surface area contributed by atoms with Gasteiger partial charge in [-0.25, -0.2) is 14.8 Å². The number of rotatable bonds is 11. The normalized spacial score (nSPS) is 24.2. The fourth-order valence-electron chi connectivity index (χ4n) is 9.09. The maximum absolute atomic E-state index is 14.4. The first-order chi connectivity index (χ1) is 27.2. The van der Waals surface area contributed by atoms with Gasteiger partial charge in [0.25, 0.3) is 5.91 Å². The number of nitrogens with one attached hydrogen (secondary N) is 3. The molecule has 3 heterocycles. The number of imidazole rings is 2. The Hall–Kier alpha value is -5.56. The van der Waals surface area contributed by atoms with Gasteiger partial charge in [0.15, 0.2) is 5.78 Å². The van der Waals surface area contributed by atoms with E-state index >= 15 is 0 Å². The number of para-hydroxylation sites is 1. The highest BCUT2D eigenvalue weighted by Crippen LogP contribution is 2.56. The van der Waals surface area contributed by atoms with Crippen LogP contribution in [-0.2, 0) is 20.5 Å². The molecule has 2 aromatic heterocycles. The van der Waals surface area contributed by atoms with Crippen molar-refractivity contribution in [3.63, 3.8) is 0 Å². The molecule has 3 amide bonds. The highest BCUT2D eigenvalue weighted by molar-refractivity contribution is 6.08. The second-order valence-corrected chi connectivity index (χ2v) is 17.2. The summed E-state index contributed by atoms with van der Waals surface area (Å²) in [6, 6.07) is 20.6. The predicted octanol–water partition coefficient (Wildman–Crippen LogP) is 6.48. The first-order valence-corrected chi connectivity index (χ1v) is 20.0. The van der Waals surface area contributed by atoms with Crippen LogP contribution in [0.25, 0.3) is 22.1 Å². The zero-order chi connectivity index (χ0) is 40.4. The Bertz CT molecular complexity index is 2380. The Kier molecular flexibility index (Phi) is 9.49. The minimum atomic E-state index is -0.673. The van der Waals surface area contributed by atoms with Crippen molar-refractivity contribution < 1.29 is 23.9 Å². The number of amides is 3. The summed E-state index contributed by atoms with van der Waals surface area (Å²) >= 11 is 0. The highest BCUT2D eigenvalue weighted by Gasteiger charge is 2.64. The average molecular weight is 773 g/mol. The minimum absolute atomic E-state index is 0.129. The third kappa shape index (κ3) is 6.65. The number of likely N-dealkylation sites (N-methyl/N-ethyl adjacent to an activating group) is 1. The van der Waals surface area contributed by atoms with Crippen LogP contribution in [0.2, 0.25) is 0 Å². The number of carbonyl (C=O) groups is 4. The summed E-state index contributed by atoms with van der Waals surface area (Å²) in [6.45, 7) is 10.4. The lowest BCUT2D eigenvalue weighted by Crippen LogP contribution is -2.45. The van der Waals surface area contributed by atoms with Crippen LogP contribution in [0, 0.1) is 5.92 Å². The number of nitrogens with zero attached hydrogens (tertiary/aromatic N) is 5. The third-order valence-electron chi connectivity index (χ3n) is 12.1. The van der Waals surface area contributed by atoms with Gasteiger partial charge in [-0.05, 0) is 109 Å². The highest BCUT2D eigenvalue weighted by atomic mass is 16.6. The van der Waals surface area contributed by atoms with Gasteiger partial charge in [-0.3, -0.25) is 19.3 Å². The van der Waals surface area contributed by atoms with Crippen LogP contribution in [0.15, 0.2) is 66.7 Å². The minimum Gasteiger partial charge on any atom is -0.444 e. The third-order valence-corrected chi connectivity index (χ3v) is 12.1. The predicted molar refractivity (Wildman–Crippen MR) is 217 cm³/mol. The zero-order valence-electron chi connectivity index (χ0n) is 33.8. The van der Waals surface area contributed by atoms with E-state index in [0.717, 1.165) is 24.8 Å². The van der Waals surface area contributed by atoms with E-state index in [1.165, 1.54) is 0 Å². The zero-order valence-corrected chi connectivity index (χ0v) is 33.8. The number of aromatic nitrogens is 4. The van der Waals surface area contributed by atoms with E-state index in [2.05, 4.69) is 39.2 Å². The molecule has 2 saturated carbocycles. The lowest BCUT2D eigenvalue weighted by molar-refractivity contribution is -0.135. The molecule has 3 fully saturated rings. The molecule has 13 nitrogen and oxygen atoms in total. The summed E-state index contributed by atoms with van der Waals surface area (Å²) in [4.78, 5) is 77.2. The molecule has 5 atom stereocenters. The van der Waals surface area contributed by atoms with E-state index in [1.54, 1.807) is 35.2 Å². The van der Waals surface area contributed by atoms with Gasteiger partial charge in [-0.2, -0.15) is 0 Å². The number of aromatic amines is 2. The summed E-state index contributed by atoms with van der Waals surface area (Å²) in [5, 5.41) is 2.80. The number of ether oxygens (including phenoxy) is 1. The molecule has 57 heavy (non-hydrogen) atoms. The number of ketones is 1. The van der Waals surface area contributed by atoms with E-state index in [1.807, 2.05) is 71.0 Å². The SMILES string of the molecule is CCN(C(=O)OC(C)(C)C)C1(c2nc3c(C(=O)NCC(=O)c4ccc5nc([C@@H]6CCCN6C(=O)C6(c7ccccc7)CC6N(C)C)[nH]c5c4)cccc3[nH]2)CC1C. The van der Waals surface area contributed by atoms with Gasteiger partial charge in [0, 0.05) is 24.7 Å². The van der Waals surface area contributed by atoms with Gasteiger partial charge < -0.3 is 29.8 Å². The van der Waals surface area contributed by atoms with Crippen LogP contribution in [-0.4, -0.2) is 104 Å². The Morgan fingerprint density at radius 1 is 0.965 bits per heavy atom. The number of H-pyrrole nitrogens is 2. The number of fused-ring (bicyclic) bond motifs is 2. The van der Waals surface area contributed by atoms with Gasteiger partial charge in [0.2, 0.25) is 5.91 Å². The quantitative estimate of drug-likeness (QED) is 0.129. The first kappa shape index (κ1) is 38.3. The molecule has 0 radical (unpaired) electrons. The standard InChI is InChI=1S/C44H52N8O5/c1-8-52(41(56)57-42(3,4)5)44(23-26(44)2)39-48-31-17-12-16-29(36(31)49-39)38(54)45-25-34(53)27-19-20-30-32(22-27)47-37(46-30)33-18-13-21-51(33)40(55)43(24-35(43)50(6)7)28-14-10-9-11-15-28/h9-12,14-17,19-20,22,26,33,35H,8,13,18,21,23-25H2,1-7H3,(H,45,54)(H,46,47)(H,48,49)/t26?,33-,35?,43?,44?/m0/s1. The van der Waals surface area contributed by atoms with Crippen LogP contribution < -0.4 is 5.32 Å². The molecule has 1 saturated heterocycles. The van der Waals surface area contributed by atoms with E-state index in [4.69, 9.17) is 14.7 Å². The monoisotopic (exact) mass is 772 g/mol. The molecule has 8 rings (SSSR count). The maximum Gasteiger partial charge on any atom is 0.411 e. The van der Waals surface area contributed by atoms with Crippen molar-refractivity contribution in [1.82, 2.24) is 40.0 Å². The van der Waals surface area contributed by atoms with Crippen molar-refractivity contribution in [3.8, 4) is 0 Å².